The van der Waals surface area contributed by atoms with Gasteiger partial charge >= 0.3 is 18.2 Å². The number of benzene rings is 1. The van der Waals surface area contributed by atoms with E-state index in [2.05, 4.69) is 5.32 Å². The average molecular weight is 484 g/mol. The zero-order valence-electron chi connectivity index (χ0n) is 18.3. The van der Waals surface area contributed by atoms with E-state index in [1.165, 1.54) is 24.0 Å². The van der Waals surface area contributed by atoms with Gasteiger partial charge in [0.2, 0.25) is 5.76 Å². The molecule has 0 aliphatic carbocycles. The summed E-state index contributed by atoms with van der Waals surface area (Å²) in [5, 5.41) is 2.47. The fourth-order valence-electron chi connectivity index (χ4n) is 4.78. The number of esters is 1. The number of carbonyl (C=O) groups excluding carboxylic acids is 2. The number of carbonyl (C=O) groups is 2. The van der Waals surface area contributed by atoms with Crippen molar-refractivity contribution in [1.29, 1.82) is 0 Å². The lowest BCUT2D eigenvalue weighted by atomic mass is 9.88. The van der Waals surface area contributed by atoms with Gasteiger partial charge in [-0.25, -0.2) is 18.4 Å². The summed E-state index contributed by atoms with van der Waals surface area (Å²) < 4.78 is 77.1. The predicted molar refractivity (Wildman–Crippen MR) is 109 cm³/mol. The van der Waals surface area contributed by atoms with Gasteiger partial charge in [-0.05, 0) is 50.0 Å². The normalized spacial score (nSPS) is 20.0. The number of nitrogens with one attached hydrogen (secondary N) is 1. The molecule has 3 heterocycles. The van der Waals surface area contributed by atoms with E-state index in [9.17, 15) is 31.5 Å². The number of aryl methyl sites for hydroxylation is 1. The number of ether oxygens (including phenoxy) is 1. The van der Waals surface area contributed by atoms with E-state index in [0.29, 0.717) is 24.5 Å². The summed E-state index contributed by atoms with van der Waals surface area (Å²) in [7, 11) is 1.15. The van der Waals surface area contributed by atoms with Crippen molar-refractivity contribution in [3.63, 3.8) is 0 Å². The molecule has 4 rings (SSSR count). The molecule has 0 unspecified atom stereocenters. The Bertz CT molecular complexity index is 1170. The molecule has 1 N–H and O–H groups in total. The Morgan fingerprint density at radius 1 is 1.21 bits per heavy atom. The number of furan rings is 1. The lowest BCUT2D eigenvalue weighted by molar-refractivity contribution is -0.154. The second kappa shape index (κ2) is 8.77. The lowest BCUT2D eigenvalue weighted by Gasteiger charge is -2.37. The number of nitrogens with zero attached hydrogens (tertiary/aromatic N) is 1. The minimum absolute atomic E-state index is 0.0439. The highest BCUT2D eigenvalue weighted by molar-refractivity contribution is 6.01. The molecule has 6 nitrogen and oxygen atoms in total. The van der Waals surface area contributed by atoms with Gasteiger partial charge in [0.05, 0.1) is 18.7 Å². The number of halogens is 5. The number of hydrogen-bond donors (Lipinski definition) is 1. The topological polar surface area (TPSA) is 71.8 Å². The number of amides is 2. The van der Waals surface area contributed by atoms with Crippen molar-refractivity contribution in [2.75, 3.05) is 7.11 Å². The molecule has 1 saturated heterocycles. The van der Waals surface area contributed by atoms with E-state index >= 15 is 0 Å². The zero-order chi connectivity index (χ0) is 24.8. The Hall–Kier alpha value is -3.37. The van der Waals surface area contributed by atoms with Crippen LogP contribution in [0.2, 0.25) is 0 Å². The van der Waals surface area contributed by atoms with Crippen molar-refractivity contribution in [3.8, 4) is 0 Å². The minimum Gasteiger partial charge on any atom is -0.466 e. The molecule has 0 saturated carbocycles. The third-order valence-corrected chi connectivity index (χ3v) is 6.12. The third-order valence-electron chi connectivity index (χ3n) is 6.12. The average Bonchev–Trinajstić information content (AvgIpc) is 3.29. The molecule has 2 aliphatic heterocycles. The second-order valence-corrected chi connectivity index (χ2v) is 8.23. The quantitative estimate of drug-likeness (QED) is 0.492. The largest absolute Gasteiger partial charge is 0.466 e. The zero-order valence-corrected chi connectivity index (χ0v) is 18.3. The first-order chi connectivity index (χ1) is 16.0. The first kappa shape index (κ1) is 23.8. The summed E-state index contributed by atoms with van der Waals surface area (Å²) in [5.74, 6) is -3.50. The molecule has 11 heteroatoms. The van der Waals surface area contributed by atoms with Crippen LogP contribution < -0.4 is 5.32 Å². The van der Waals surface area contributed by atoms with E-state index < -0.39 is 54.2 Å². The Morgan fingerprint density at radius 3 is 2.59 bits per heavy atom. The highest BCUT2D eigenvalue weighted by Gasteiger charge is 2.47. The maximum Gasteiger partial charge on any atom is 0.449 e. The van der Waals surface area contributed by atoms with Gasteiger partial charge in [0.1, 0.15) is 17.4 Å². The van der Waals surface area contributed by atoms with Gasteiger partial charge < -0.3 is 19.4 Å². The Balaban J connectivity index is 1.62. The first-order valence-electron chi connectivity index (χ1n) is 10.5. The second-order valence-electron chi connectivity index (χ2n) is 8.23. The molecule has 1 aromatic carbocycles. The molecule has 1 aromatic heterocycles. The van der Waals surface area contributed by atoms with Crippen molar-refractivity contribution in [2.24, 2.45) is 0 Å². The molecule has 2 aromatic rings. The van der Waals surface area contributed by atoms with Gasteiger partial charge in [0.15, 0.2) is 0 Å². The highest BCUT2D eigenvalue weighted by Crippen LogP contribution is 2.44. The van der Waals surface area contributed by atoms with E-state index in [1.54, 1.807) is 0 Å². The third kappa shape index (κ3) is 4.26. The van der Waals surface area contributed by atoms with Crippen LogP contribution in [0.25, 0.3) is 5.57 Å². The van der Waals surface area contributed by atoms with Crippen LogP contribution in [0.4, 0.5) is 26.7 Å². The highest BCUT2D eigenvalue weighted by atomic mass is 19.4. The van der Waals surface area contributed by atoms with Gasteiger partial charge in [-0.15, -0.1) is 0 Å². The molecule has 182 valence electrons. The van der Waals surface area contributed by atoms with Gasteiger partial charge in [0.25, 0.3) is 0 Å². The Morgan fingerprint density at radius 2 is 1.94 bits per heavy atom. The standard InChI is InChI=1S/C23H21F5N2O4/c1-11-7-12(20(34-11)23(26,27)28)10-29-22(32)30-14-4-6-18(30)19(21(31)33-2)16(9-14)15-5-3-13(24)8-17(15)25/h3,5,7-8,14,18H,4,6,9-10H2,1-2H3,(H,29,32)/t14-,18+/m0/s1. The molecule has 2 atom stereocenters. The van der Waals surface area contributed by atoms with E-state index in [1.807, 2.05) is 0 Å². The minimum atomic E-state index is -4.71. The van der Waals surface area contributed by atoms with Crippen LogP contribution in [0.3, 0.4) is 0 Å². The number of rotatable bonds is 4. The van der Waals surface area contributed by atoms with Crippen LogP contribution >= 0.6 is 0 Å². The van der Waals surface area contributed by atoms with Crippen molar-refractivity contribution in [1.82, 2.24) is 10.2 Å². The van der Waals surface area contributed by atoms with Crippen molar-refractivity contribution in [3.05, 3.63) is 64.1 Å². The lowest BCUT2D eigenvalue weighted by Crippen LogP contribution is -2.50. The molecule has 2 amide bonds. The number of alkyl halides is 3. The van der Waals surface area contributed by atoms with Gasteiger partial charge in [-0.3, -0.25) is 0 Å². The molecule has 0 radical (unpaired) electrons. The first-order valence-corrected chi connectivity index (χ1v) is 10.5. The number of fused-ring (bicyclic) bond motifs is 2. The Labute approximate surface area is 191 Å². The molecule has 2 aliphatic rings. The van der Waals surface area contributed by atoms with Crippen LogP contribution in [0, 0.1) is 18.6 Å². The SMILES string of the molecule is COC(=O)C1=C(c2ccc(F)cc2F)C[C@@H]2CC[C@H]1N2C(=O)NCc1cc(C)oc1C(F)(F)F. The predicted octanol–water partition coefficient (Wildman–Crippen LogP) is 4.96. The van der Waals surface area contributed by atoms with Gasteiger partial charge in [-0.2, -0.15) is 13.2 Å². The molecular weight excluding hydrogens is 463 g/mol. The molecule has 1 fully saturated rings. The van der Waals surface area contributed by atoms with Crippen LogP contribution in [-0.2, 0) is 22.3 Å². The van der Waals surface area contributed by atoms with Crippen LogP contribution in [0.5, 0.6) is 0 Å². The fourth-order valence-corrected chi connectivity index (χ4v) is 4.78. The molecule has 34 heavy (non-hydrogen) atoms. The maximum absolute atomic E-state index is 14.5. The van der Waals surface area contributed by atoms with Crippen LogP contribution in [0.15, 0.2) is 34.3 Å². The summed E-state index contributed by atoms with van der Waals surface area (Å²) >= 11 is 0. The van der Waals surface area contributed by atoms with Gasteiger partial charge in [0, 0.05) is 29.8 Å². The number of urea groups is 1. The van der Waals surface area contributed by atoms with E-state index in [0.717, 1.165) is 13.2 Å². The van der Waals surface area contributed by atoms with Crippen LogP contribution in [-0.4, -0.2) is 36.1 Å². The summed E-state index contributed by atoms with van der Waals surface area (Å²) in [6.45, 7) is 0.937. The summed E-state index contributed by atoms with van der Waals surface area (Å²) in [6, 6.07) is 2.36. The van der Waals surface area contributed by atoms with E-state index in [4.69, 9.17) is 9.15 Å². The van der Waals surface area contributed by atoms with Gasteiger partial charge in [-0.1, -0.05) is 0 Å². The summed E-state index contributed by atoms with van der Waals surface area (Å²) in [5.41, 5.74) is 0.223. The summed E-state index contributed by atoms with van der Waals surface area (Å²) in [4.78, 5) is 27.1. The van der Waals surface area contributed by atoms with Crippen LogP contribution in [0.1, 0.15) is 41.9 Å². The fraction of sp³-hybridized carbons (Fsp3) is 0.391. The smallest absolute Gasteiger partial charge is 0.449 e. The number of methoxy groups -OCH3 is 1. The number of hydrogen-bond acceptors (Lipinski definition) is 4. The monoisotopic (exact) mass is 484 g/mol. The van der Waals surface area contributed by atoms with Crippen molar-refractivity contribution >= 4 is 17.6 Å². The summed E-state index contributed by atoms with van der Waals surface area (Å²) in [6.07, 6.45) is -3.74. The van der Waals surface area contributed by atoms with E-state index in [-0.39, 0.29) is 28.9 Å². The molecule has 2 bridgehead atoms. The Kier molecular flexibility index (Phi) is 6.13. The van der Waals surface area contributed by atoms with Crippen molar-refractivity contribution < 1.29 is 40.7 Å². The van der Waals surface area contributed by atoms with Crippen molar-refractivity contribution in [2.45, 2.75) is 51.0 Å². The molecule has 0 spiro atoms. The maximum atomic E-state index is 14.5. The molecular formula is C23H21F5N2O4.